The molecular weight excluding hydrogens is 192 g/mol. The van der Waals surface area contributed by atoms with Crippen LogP contribution in [0.4, 0.5) is 0 Å². The number of ether oxygens (including phenoxy) is 1. The van der Waals surface area contributed by atoms with Gasteiger partial charge in [0.1, 0.15) is 18.3 Å². The summed E-state index contributed by atoms with van der Waals surface area (Å²) >= 11 is 0. The third-order valence-electron chi connectivity index (χ3n) is 2.27. The van der Waals surface area contributed by atoms with Crippen molar-refractivity contribution in [1.29, 1.82) is 0 Å². The molecule has 84 valence electrons. The lowest BCUT2D eigenvalue weighted by Crippen LogP contribution is -2.61. The van der Waals surface area contributed by atoms with Crippen LogP contribution in [-0.4, -0.2) is 62.3 Å². The molecule has 0 aromatic heterocycles. The zero-order chi connectivity index (χ0) is 10.9. The molecule has 6 heteroatoms. The molecule has 1 aliphatic rings. The lowest BCUT2D eigenvalue weighted by Gasteiger charge is -2.42. The zero-order valence-corrected chi connectivity index (χ0v) is 7.87. The van der Waals surface area contributed by atoms with Crippen LogP contribution in [0, 0.1) is 0 Å². The molecule has 1 rings (SSSR count). The zero-order valence-electron chi connectivity index (χ0n) is 7.87. The molecule has 1 saturated heterocycles. The first kappa shape index (κ1) is 11.8. The minimum Gasteiger partial charge on any atom is -0.393 e. The molecule has 1 aliphatic heterocycles. The third kappa shape index (κ3) is 2.22. The number of hydrogen-bond donors (Lipinski definition) is 5. The molecule has 5 N–H and O–H groups in total. The summed E-state index contributed by atoms with van der Waals surface area (Å²) < 4.78 is 4.81. The van der Waals surface area contributed by atoms with Gasteiger partial charge in [-0.1, -0.05) is 0 Å². The van der Waals surface area contributed by atoms with Gasteiger partial charge in [0, 0.05) is 6.42 Å². The molecule has 0 radical (unpaired) electrons. The number of aliphatic hydroxyl groups excluding tert-OH is 4. The summed E-state index contributed by atoms with van der Waals surface area (Å²) in [4.78, 5) is 0. The summed E-state index contributed by atoms with van der Waals surface area (Å²) in [6.45, 7) is 1.15. The molecule has 1 fully saturated rings. The Morgan fingerprint density at radius 3 is 2.50 bits per heavy atom. The van der Waals surface area contributed by atoms with Crippen LogP contribution in [0.1, 0.15) is 13.3 Å². The Morgan fingerprint density at radius 2 is 2.00 bits per heavy atom. The molecule has 5 atom stereocenters. The van der Waals surface area contributed by atoms with Crippen molar-refractivity contribution in [2.24, 2.45) is 0 Å². The Balaban J connectivity index is 2.69. The Hall–Kier alpha value is -0.240. The number of rotatable bonds is 2. The summed E-state index contributed by atoms with van der Waals surface area (Å²) in [5.74, 6) is -1.99. The highest BCUT2D eigenvalue weighted by Crippen LogP contribution is 2.27. The molecule has 0 spiro atoms. The first-order chi connectivity index (χ1) is 6.37. The van der Waals surface area contributed by atoms with E-state index in [1.54, 1.807) is 0 Å². The van der Waals surface area contributed by atoms with E-state index in [2.05, 4.69) is 0 Å². The van der Waals surface area contributed by atoms with Gasteiger partial charge in [-0.15, -0.1) is 0 Å². The molecule has 0 amide bonds. The standard InChI is InChI=1S/C8H16O6/c1-4(9)2-8(13)7(12)6(11)5(10)3-14-8/h4-7,9-13H,2-3H2,1H3/t4-,5+,6-,7+,8+/m0/s1. The summed E-state index contributed by atoms with van der Waals surface area (Å²) in [5.41, 5.74) is 0. The van der Waals surface area contributed by atoms with E-state index in [1.807, 2.05) is 0 Å². The van der Waals surface area contributed by atoms with Crippen LogP contribution in [0.2, 0.25) is 0 Å². The summed E-state index contributed by atoms with van der Waals surface area (Å²) in [7, 11) is 0. The summed E-state index contributed by atoms with van der Waals surface area (Å²) in [6, 6.07) is 0. The highest BCUT2D eigenvalue weighted by Gasteiger charge is 2.48. The Bertz CT molecular complexity index is 196. The van der Waals surface area contributed by atoms with Gasteiger partial charge >= 0.3 is 0 Å². The highest BCUT2D eigenvalue weighted by molar-refractivity contribution is 4.92. The van der Waals surface area contributed by atoms with Crippen molar-refractivity contribution in [3.63, 3.8) is 0 Å². The third-order valence-corrected chi connectivity index (χ3v) is 2.27. The van der Waals surface area contributed by atoms with E-state index in [9.17, 15) is 15.3 Å². The van der Waals surface area contributed by atoms with E-state index in [4.69, 9.17) is 14.9 Å². The van der Waals surface area contributed by atoms with Crippen molar-refractivity contribution in [3.05, 3.63) is 0 Å². The van der Waals surface area contributed by atoms with Crippen LogP contribution in [0.3, 0.4) is 0 Å². The molecule has 14 heavy (non-hydrogen) atoms. The maximum Gasteiger partial charge on any atom is 0.197 e. The predicted molar refractivity (Wildman–Crippen MR) is 45.2 cm³/mol. The van der Waals surface area contributed by atoms with Gasteiger partial charge in [-0.2, -0.15) is 0 Å². The van der Waals surface area contributed by atoms with Gasteiger partial charge in [-0.3, -0.25) is 0 Å². The van der Waals surface area contributed by atoms with Crippen molar-refractivity contribution < 1.29 is 30.3 Å². The summed E-state index contributed by atoms with van der Waals surface area (Å²) in [6.07, 6.45) is -5.41. The second-order valence-electron chi connectivity index (χ2n) is 3.71. The Labute approximate surface area is 81.4 Å². The average molecular weight is 208 g/mol. The van der Waals surface area contributed by atoms with Gasteiger partial charge in [0.2, 0.25) is 0 Å². The molecule has 0 bridgehead atoms. The second-order valence-corrected chi connectivity index (χ2v) is 3.71. The molecular formula is C8H16O6. The van der Waals surface area contributed by atoms with E-state index in [0.29, 0.717) is 0 Å². The van der Waals surface area contributed by atoms with Crippen LogP contribution in [-0.2, 0) is 4.74 Å². The molecule has 0 aromatic carbocycles. The first-order valence-corrected chi connectivity index (χ1v) is 4.45. The van der Waals surface area contributed by atoms with Crippen molar-refractivity contribution in [2.75, 3.05) is 6.61 Å². The smallest absolute Gasteiger partial charge is 0.197 e. The van der Waals surface area contributed by atoms with Crippen molar-refractivity contribution in [2.45, 2.75) is 43.5 Å². The maximum atomic E-state index is 9.70. The largest absolute Gasteiger partial charge is 0.393 e. The van der Waals surface area contributed by atoms with Gasteiger partial charge in [0.15, 0.2) is 5.79 Å². The molecule has 0 unspecified atom stereocenters. The van der Waals surface area contributed by atoms with Crippen molar-refractivity contribution in [1.82, 2.24) is 0 Å². The maximum absolute atomic E-state index is 9.70. The van der Waals surface area contributed by atoms with Gasteiger partial charge < -0.3 is 30.3 Å². The monoisotopic (exact) mass is 208 g/mol. The fourth-order valence-electron chi connectivity index (χ4n) is 1.49. The van der Waals surface area contributed by atoms with Crippen molar-refractivity contribution >= 4 is 0 Å². The van der Waals surface area contributed by atoms with Gasteiger partial charge in [0.25, 0.3) is 0 Å². The van der Waals surface area contributed by atoms with Crippen LogP contribution < -0.4 is 0 Å². The van der Waals surface area contributed by atoms with Gasteiger partial charge in [-0.05, 0) is 6.92 Å². The van der Waals surface area contributed by atoms with Crippen LogP contribution in [0.15, 0.2) is 0 Å². The molecule has 0 aromatic rings. The van der Waals surface area contributed by atoms with Crippen molar-refractivity contribution in [3.8, 4) is 0 Å². The lowest BCUT2D eigenvalue weighted by atomic mass is 9.93. The predicted octanol–water partition coefficient (Wildman–Crippen LogP) is -2.44. The van der Waals surface area contributed by atoms with Crippen LogP contribution in [0.25, 0.3) is 0 Å². The van der Waals surface area contributed by atoms with Gasteiger partial charge in [0.05, 0.1) is 12.7 Å². The van der Waals surface area contributed by atoms with E-state index in [0.717, 1.165) is 0 Å². The SMILES string of the molecule is C[C@H](O)C[C@@]1(O)OC[C@@H](O)[C@H](O)[C@H]1O. The number of hydrogen-bond acceptors (Lipinski definition) is 6. The van der Waals surface area contributed by atoms with E-state index in [-0.39, 0.29) is 13.0 Å². The topological polar surface area (TPSA) is 110 Å². The lowest BCUT2D eigenvalue weighted by molar-refractivity contribution is -0.328. The average Bonchev–Trinajstić information content (AvgIpc) is 2.08. The first-order valence-electron chi connectivity index (χ1n) is 4.45. The van der Waals surface area contributed by atoms with Crippen LogP contribution >= 0.6 is 0 Å². The summed E-state index contributed by atoms with van der Waals surface area (Å²) in [5, 5.41) is 46.5. The Morgan fingerprint density at radius 1 is 1.43 bits per heavy atom. The normalized spacial score (nSPS) is 46.3. The molecule has 6 nitrogen and oxygen atoms in total. The minimum absolute atomic E-state index is 0.224. The van der Waals surface area contributed by atoms with E-state index < -0.39 is 30.2 Å². The molecule has 0 saturated carbocycles. The second kappa shape index (κ2) is 4.09. The highest BCUT2D eigenvalue weighted by atomic mass is 16.6. The van der Waals surface area contributed by atoms with Crippen LogP contribution in [0.5, 0.6) is 0 Å². The fraction of sp³-hybridized carbons (Fsp3) is 1.00. The van der Waals surface area contributed by atoms with Gasteiger partial charge in [-0.25, -0.2) is 0 Å². The number of aliphatic hydroxyl groups is 5. The fourth-order valence-corrected chi connectivity index (χ4v) is 1.49. The molecule has 0 aliphatic carbocycles. The minimum atomic E-state index is -1.99. The quantitative estimate of drug-likeness (QED) is 0.345. The van der Waals surface area contributed by atoms with E-state index >= 15 is 0 Å². The van der Waals surface area contributed by atoms with E-state index in [1.165, 1.54) is 6.92 Å². The molecule has 1 heterocycles. The Kier molecular flexibility index (Phi) is 3.46.